The van der Waals surface area contributed by atoms with E-state index >= 15 is 0 Å². The van der Waals surface area contributed by atoms with Gasteiger partial charge in [-0.3, -0.25) is 4.79 Å². The van der Waals surface area contributed by atoms with E-state index in [9.17, 15) is 9.59 Å². The number of rotatable bonds is 5. The van der Waals surface area contributed by atoms with E-state index in [0.717, 1.165) is 21.2 Å². The first-order chi connectivity index (χ1) is 10.6. The van der Waals surface area contributed by atoms with Gasteiger partial charge in [-0.25, -0.2) is 4.79 Å². The first-order valence-corrected chi connectivity index (χ1v) is 7.98. The fraction of sp³-hybridized carbons (Fsp3) is 0.176. The van der Waals surface area contributed by atoms with E-state index in [2.05, 4.69) is 27.9 Å². The van der Waals surface area contributed by atoms with Crippen molar-refractivity contribution in [2.75, 3.05) is 11.9 Å². The summed E-state index contributed by atoms with van der Waals surface area (Å²) in [4.78, 5) is 23.7. The Labute approximate surface area is 143 Å². The Morgan fingerprint density at radius 3 is 2.45 bits per heavy atom. The predicted molar refractivity (Wildman–Crippen MR) is 93.9 cm³/mol. The Bertz CT molecular complexity index is 668. The average molecular weight is 409 g/mol. The van der Waals surface area contributed by atoms with Crippen LogP contribution in [0.5, 0.6) is 0 Å². The topological polar surface area (TPSA) is 55.4 Å². The fourth-order valence-corrected chi connectivity index (χ4v) is 2.30. The molecule has 0 fully saturated rings. The quantitative estimate of drug-likeness (QED) is 0.606. The molecule has 0 saturated carbocycles. The van der Waals surface area contributed by atoms with Gasteiger partial charge >= 0.3 is 5.97 Å². The van der Waals surface area contributed by atoms with E-state index in [1.54, 1.807) is 12.1 Å². The third kappa shape index (κ3) is 4.56. The van der Waals surface area contributed by atoms with Crippen LogP contribution in [0.3, 0.4) is 0 Å². The van der Waals surface area contributed by atoms with Crippen molar-refractivity contribution in [3.05, 3.63) is 63.2 Å². The molecule has 4 nitrogen and oxygen atoms in total. The second-order valence-electron chi connectivity index (χ2n) is 4.64. The highest BCUT2D eigenvalue weighted by atomic mass is 127. The number of carbonyl (C=O) groups excluding carboxylic acids is 2. The van der Waals surface area contributed by atoms with Gasteiger partial charge in [0.15, 0.2) is 6.61 Å². The molecular formula is C17H16INO3. The number of esters is 1. The summed E-state index contributed by atoms with van der Waals surface area (Å²) in [5.74, 6) is -0.852. The van der Waals surface area contributed by atoms with Crippen molar-refractivity contribution in [2.45, 2.75) is 13.3 Å². The molecule has 2 rings (SSSR count). The molecule has 0 aromatic heterocycles. The number of para-hydroxylation sites is 1. The van der Waals surface area contributed by atoms with Gasteiger partial charge in [-0.15, -0.1) is 0 Å². The Hall–Kier alpha value is -1.89. The molecular weight excluding hydrogens is 393 g/mol. The van der Waals surface area contributed by atoms with E-state index in [4.69, 9.17) is 4.74 Å². The van der Waals surface area contributed by atoms with Crippen LogP contribution in [0, 0.1) is 3.57 Å². The first-order valence-electron chi connectivity index (χ1n) is 6.90. The normalized spacial score (nSPS) is 10.1. The summed E-state index contributed by atoms with van der Waals surface area (Å²) in [6.07, 6.45) is 0.818. The third-order valence-corrected chi connectivity index (χ3v) is 3.81. The number of ether oxygens (including phenoxy) is 1. The number of anilines is 1. The first kappa shape index (κ1) is 16.5. The van der Waals surface area contributed by atoms with Gasteiger partial charge in [-0.05, 0) is 64.9 Å². The van der Waals surface area contributed by atoms with Gasteiger partial charge in [0.1, 0.15) is 0 Å². The number of halogens is 1. The van der Waals surface area contributed by atoms with Gasteiger partial charge in [0.2, 0.25) is 0 Å². The van der Waals surface area contributed by atoms with Crippen molar-refractivity contribution in [3.8, 4) is 0 Å². The molecule has 0 bridgehead atoms. The van der Waals surface area contributed by atoms with Crippen LogP contribution in [-0.2, 0) is 16.0 Å². The van der Waals surface area contributed by atoms with E-state index in [0.29, 0.717) is 5.56 Å². The molecule has 0 saturated heterocycles. The minimum atomic E-state index is -0.504. The van der Waals surface area contributed by atoms with Crippen molar-refractivity contribution in [1.29, 1.82) is 0 Å². The predicted octanol–water partition coefficient (Wildman–Crippen LogP) is 3.65. The maximum absolute atomic E-state index is 11.9. The molecule has 2 aromatic rings. The number of nitrogens with one attached hydrogen (secondary N) is 1. The molecule has 1 amide bonds. The number of amides is 1. The molecule has 0 unspecified atom stereocenters. The fourth-order valence-electron chi connectivity index (χ4n) is 1.94. The number of carbonyl (C=O) groups is 2. The van der Waals surface area contributed by atoms with Crippen LogP contribution in [0.4, 0.5) is 5.69 Å². The summed E-state index contributed by atoms with van der Waals surface area (Å²) in [6.45, 7) is 1.71. The minimum absolute atomic E-state index is 0.303. The summed E-state index contributed by atoms with van der Waals surface area (Å²) < 4.78 is 6.05. The molecule has 0 aliphatic heterocycles. The van der Waals surface area contributed by atoms with E-state index < -0.39 is 5.97 Å². The molecule has 2 aromatic carbocycles. The Kier molecular flexibility index (Phi) is 5.94. The molecule has 0 spiro atoms. The maximum atomic E-state index is 11.9. The van der Waals surface area contributed by atoms with Crippen molar-refractivity contribution in [3.63, 3.8) is 0 Å². The zero-order valence-corrected chi connectivity index (χ0v) is 14.3. The highest BCUT2D eigenvalue weighted by Gasteiger charge is 2.11. The number of hydrogen-bond donors (Lipinski definition) is 1. The van der Waals surface area contributed by atoms with Crippen LogP contribution in [0.15, 0.2) is 48.5 Å². The highest BCUT2D eigenvalue weighted by molar-refractivity contribution is 14.1. The van der Waals surface area contributed by atoms with Gasteiger partial charge < -0.3 is 10.1 Å². The Morgan fingerprint density at radius 1 is 1.09 bits per heavy atom. The van der Waals surface area contributed by atoms with Crippen LogP contribution in [-0.4, -0.2) is 18.5 Å². The van der Waals surface area contributed by atoms with E-state index in [-0.39, 0.29) is 12.5 Å². The van der Waals surface area contributed by atoms with Gasteiger partial charge in [-0.1, -0.05) is 25.1 Å². The lowest BCUT2D eigenvalue weighted by molar-refractivity contribution is -0.119. The lowest BCUT2D eigenvalue weighted by Gasteiger charge is -2.10. The van der Waals surface area contributed by atoms with Gasteiger partial charge in [0.05, 0.1) is 5.56 Å². The molecule has 0 aliphatic carbocycles. The largest absolute Gasteiger partial charge is 0.452 e. The van der Waals surface area contributed by atoms with Crippen LogP contribution in [0.1, 0.15) is 22.8 Å². The smallest absolute Gasteiger partial charge is 0.338 e. The monoisotopic (exact) mass is 409 g/mol. The summed E-state index contributed by atoms with van der Waals surface area (Å²) in [5.41, 5.74) is 2.22. The van der Waals surface area contributed by atoms with Crippen molar-refractivity contribution in [2.24, 2.45) is 0 Å². The van der Waals surface area contributed by atoms with E-state index in [1.165, 1.54) is 0 Å². The van der Waals surface area contributed by atoms with Gasteiger partial charge in [-0.2, -0.15) is 0 Å². The van der Waals surface area contributed by atoms with Crippen LogP contribution >= 0.6 is 22.6 Å². The van der Waals surface area contributed by atoms with E-state index in [1.807, 2.05) is 43.3 Å². The molecule has 22 heavy (non-hydrogen) atoms. The maximum Gasteiger partial charge on any atom is 0.338 e. The highest BCUT2D eigenvalue weighted by Crippen LogP contribution is 2.15. The zero-order valence-electron chi connectivity index (χ0n) is 12.1. The standard InChI is InChI=1S/C17H16INO3/c1-2-12-5-3-4-6-15(12)19-16(20)11-22-17(21)13-7-9-14(18)10-8-13/h3-10H,2,11H2,1H3,(H,19,20). The SMILES string of the molecule is CCc1ccccc1NC(=O)COC(=O)c1ccc(I)cc1. The summed E-state index contributed by atoms with van der Waals surface area (Å²) >= 11 is 2.15. The third-order valence-electron chi connectivity index (χ3n) is 3.09. The van der Waals surface area contributed by atoms with Crippen LogP contribution < -0.4 is 5.32 Å². The minimum Gasteiger partial charge on any atom is -0.452 e. The molecule has 114 valence electrons. The van der Waals surface area contributed by atoms with Gasteiger partial charge in [0.25, 0.3) is 5.91 Å². The lowest BCUT2D eigenvalue weighted by atomic mass is 10.1. The molecule has 5 heteroatoms. The summed E-state index contributed by atoms with van der Waals surface area (Å²) in [5, 5.41) is 2.76. The average Bonchev–Trinajstić information content (AvgIpc) is 2.54. The number of aryl methyl sites for hydroxylation is 1. The second kappa shape index (κ2) is 7.93. The molecule has 0 radical (unpaired) electrons. The van der Waals surface area contributed by atoms with Crippen LogP contribution in [0.25, 0.3) is 0 Å². The summed E-state index contributed by atoms with van der Waals surface area (Å²) in [7, 11) is 0. The summed E-state index contributed by atoms with van der Waals surface area (Å²) in [6, 6.07) is 14.5. The van der Waals surface area contributed by atoms with Crippen molar-refractivity contribution >= 4 is 40.2 Å². The molecule has 0 aliphatic rings. The zero-order chi connectivity index (χ0) is 15.9. The molecule has 1 N–H and O–H groups in total. The number of hydrogen-bond acceptors (Lipinski definition) is 3. The van der Waals surface area contributed by atoms with Crippen molar-refractivity contribution in [1.82, 2.24) is 0 Å². The second-order valence-corrected chi connectivity index (χ2v) is 5.89. The van der Waals surface area contributed by atoms with Crippen molar-refractivity contribution < 1.29 is 14.3 Å². The molecule has 0 heterocycles. The Balaban J connectivity index is 1.90. The molecule has 0 atom stereocenters. The number of benzene rings is 2. The van der Waals surface area contributed by atoms with Gasteiger partial charge in [0, 0.05) is 9.26 Å². The lowest BCUT2D eigenvalue weighted by Crippen LogP contribution is -2.21. The van der Waals surface area contributed by atoms with Crippen LogP contribution in [0.2, 0.25) is 0 Å². The Morgan fingerprint density at radius 2 is 1.77 bits per heavy atom.